The summed E-state index contributed by atoms with van der Waals surface area (Å²) in [5.74, 6) is -1.41. The first-order valence-corrected chi connectivity index (χ1v) is 6.26. The predicted molar refractivity (Wildman–Crippen MR) is 73.6 cm³/mol. The van der Waals surface area contributed by atoms with Gasteiger partial charge >= 0.3 is 5.97 Å². The average molecular weight is 264 g/mol. The lowest BCUT2D eigenvalue weighted by molar-refractivity contribution is -0.143. The number of aryl methyl sites for hydroxylation is 1. The number of benzene rings is 1. The van der Waals surface area contributed by atoms with E-state index in [2.05, 4.69) is 5.32 Å². The van der Waals surface area contributed by atoms with E-state index in [9.17, 15) is 9.59 Å². The van der Waals surface area contributed by atoms with Crippen LogP contribution in [0.5, 0.6) is 0 Å². The number of carboxylic acids is 1. The second-order valence-electron chi connectivity index (χ2n) is 4.87. The second kappa shape index (κ2) is 6.78. The minimum atomic E-state index is -1.01. The molecule has 104 valence electrons. The van der Waals surface area contributed by atoms with Crippen molar-refractivity contribution in [3.8, 4) is 0 Å². The van der Waals surface area contributed by atoms with E-state index in [4.69, 9.17) is 10.8 Å². The molecule has 0 bridgehead atoms. The van der Waals surface area contributed by atoms with Crippen molar-refractivity contribution in [1.29, 1.82) is 0 Å². The first-order chi connectivity index (χ1) is 8.90. The van der Waals surface area contributed by atoms with E-state index in [0.717, 1.165) is 5.56 Å². The minimum absolute atomic E-state index is 0.145. The van der Waals surface area contributed by atoms with Crippen LogP contribution < -0.4 is 11.1 Å². The Kier molecular flexibility index (Phi) is 5.36. The molecule has 19 heavy (non-hydrogen) atoms. The molecular weight excluding hydrogens is 244 g/mol. The number of nitrogens with two attached hydrogens (primary N) is 1. The molecule has 0 saturated heterocycles. The number of amides is 1. The maximum atomic E-state index is 11.7. The highest BCUT2D eigenvalue weighted by Gasteiger charge is 2.22. The lowest BCUT2D eigenvalue weighted by Crippen LogP contribution is -2.44. The van der Waals surface area contributed by atoms with Gasteiger partial charge in [-0.15, -0.1) is 0 Å². The molecular formula is C14H20N2O3. The Balaban J connectivity index is 2.49. The number of anilines is 1. The van der Waals surface area contributed by atoms with Crippen molar-refractivity contribution in [3.63, 3.8) is 0 Å². The van der Waals surface area contributed by atoms with E-state index in [-0.39, 0.29) is 18.2 Å². The Morgan fingerprint density at radius 3 is 2.58 bits per heavy atom. The quantitative estimate of drug-likeness (QED) is 0.678. The normalized spacial score (nSPS) is 12.2. The molecule has 1 aromatic carbocycles. The van der Waals surface area contributed by atoms with Gasteiger partial charge in [0, 0.05) is 12.1 Å². The summed E-state index contributed by atoms with van der Waals surface area (Å²) in [4.78, 5) is 22.7. The van der Waals surface area contributed by atoms with Crippen LogP contribution in [0.2, 0.25) is 0 Å². The first-order valence-electron chi connectivity index (χ1n) is 6.26. The molecule has 4 N–H and O–H groups in total. The summed E-state index contributed by atoms with van der Waals surface area (Å²) in [6.07, 6.45) is 0.793. The van der Waals surface area contributed by atoms with Gasteiger partial charge in [0.25, 0.3) is 0 Å². The van der Waals surface area contributed by atoms with Crippen LogP contribution in [0.3, 0.4) is 0 Å². The van der Waals surface area contributed by atoms with Crippen LogP contribution in [0, 0.1) is 5.92 Å². The van der Waals surface area contributed by atoms with E-state index in [1.165, 1.54) is 0 Å². The van der Waals surface area contributed by atoms with Gasteiger partial charge < -0.3 is 16.2 Å². The third kappa shape index (κ3) is 4.99. The standard InChI is InChI=1S/C14H20N2O3/c1-9(2)13(14(18)19)16-12(17)7-6-10-4-3-5-11(15)8-10/h3-5,8-9,13H,6-7,15H2,1-2H3,(H,16,17)(H,18,19). The third-order valence-corrected chi connectivity index (χ3v) is 2.84. The smallest absolute Gasteiger partial charge is 0.326 e. The monoisotopic (exact) mass is 264 g/mol. The van der Waals surface area contributed by atoms with Crippen LogP contribution in [-0.2, 0) is 16.0 Å². The summed E-state index contributed by atoms with van der Waals surface area (Å²) < 4.78 is 0. The third-order valence-electron chi connectivity index (χ3n) is 2.84. The summed E-state index contributed by atoms with van der Waals surface area (Å²) in [5, 5.41) is 11.5. The van der Waals surface area contributed by atoms with E-state index in [0.29, 0.717) is 12.1 Å². The highest BCUT2D eigenvalue weighted by molar-refractivity contribution is 5.83. The van der Waals surface area contributed by atoms with Crippen LogP contribution in [0.4, 0.5) is 5.69 Å². The zero-order valence-electron chi connectivity index (χ0n) is 11.2. The van der Waals surface area contributed by atoms with Crippen molar-refractivity contribution in [2.24, 2.45) is 5.92 Å². The fourth-order valence-electron chi connectivity index (χ4n) is 1.77. The molecule has 5 nitrogen and oxygen atoms in total. The van der Waals surface area contributed by atoms with Gasteiger partial charge in [0.2, 0.25) is 5.91 Å². The van der Waals surface area contributed by atoms with Crippen LogP contribution >= 0.6 is 0 Å². The lowest BCUT2D eigenvalue weighted by atomic mass is 10.0. The largest absolute Gasteiger partial charge is 0.480 e. The van der Waals surface area contributed by atoms with Gasteiger partial charge in [-0.25, -0.2) is 4.79 Å². The molecule has 1 atom stereocenters. The summed E-state index contributed by atoms with van der Waals surface area (Å²) in [6.45, 7) is 3.52. The van der Waals surface area contributed by atoms with Crippen molar-refractivity contribution < 1.29 is 14.7 Å². The zero-order chi connectivity index (χ0) is 14.4. The summed E-state index contributed by atoms with van der Waals surface area (Å²) in [5.41, 5.74) is 7.27. The highest BCUT2D eigenvalue weighted by atomic mass is 16.4. The van der Waals surface area contributed by atoms with Gasteiger partial charge in [0.15, 0.2) is 0 Å². The lowest BCUT2D eigenvalue weighted by Gasteiger charge is -2.17. The van der Waals surface area contributed by atoms with Gasteiger partial charge in [0.1, 0.15) is 6.04 Å². The number of hydrogen-bond donors (Lipinski definition) is 3. The molecule has 1 amide bonds. The molecule has 5 heteroatoms. The zero-order valence-corrected chi connectivity index (χ0v) is 11.2. The van der Waals surface area contributed by atoms with Crippen molar-refractivity contribution in [3.05, 3.63) is 29.8 Å². The highest BCUT2D eigenvalue weighted by Crippen LogP contribution is 2.09. The Morgan fingerprint density at radius 2 is 2.05 bits per heavy atom. The number of aliphatic carboxylic acids is 1. The Labute approximate surface area is 112 Å². The Hall–Kier alpha value is -2.04. The molecule has 0 aliphatic rings. The van der Waals surface area contributed by atoms with E-state index < -0.39 is 12.0 Å². The fourth-order valence-corrected chi connectivity index (χ4v) is 1.77. The predicted octanol–water partition coefficient (Wildman–Crippen LogP) is 1.43. The molecule has 0 saturated carbocycles. The summed E-state index contributed by atoms with van der Waals surface area (Å²) in [7, 11) is 0. The molecule has 1 aromatic rings. The molecule has 1 unspecified atom stereocenters. The summed E-state index contributed by atoms with van der Waals surface area (Å²) in [6, 6.07) is 6.47. The van der Waals surface area contributed by atoms with Crippen molar-refractivity contribution in [2.75, 3.05) is 5.73 Å². The second-order valence-corrected chi connectivity index (χ2v) is 4.87. The van der Waals surface area contributed by atoms with Crippen molar-refractivity contribution in [2.45, 2.75) is 32.7 Å². The van der Waals surface area contributed by atoms with Gasteiger partial charge in [-0.2, -0.15) is 0 Å². The summed E-state index contributed by atoms with van der Waals surface area (Å²) >= 11 is 0. The Bertz CT molecular complexity index is 458. The van der Waals surface area contributed by atoms with E-state index in [1.807, 2.05) is 18.2 Å². The molecule has 0 aromatic heterocycles. The van der Waals surface area contributed by atoms with Gasteiger partial charge in [-0.1, -0.05) is 26.0 Å². The number of carbonyl (C=O) groups excluding carboxylic acids is 1. The van der Waals surface area contributed by atoms with Gasteiger partial charge in [-0.05, 0) is 30.0 Å². The maximum absolute atomic E-state index is 11.7. The first kappa shape index (κ1) is 15.0. The van der Waals surface area contributed by atoms with Gasteiger partial charge in [0.05, 0.1) is 0 Å². The van der Waals surface area contributed by atoms with Gasteiger partial charge in [-0.3, -0.25) is 4.79 Å². The number of carboxylic acid groups (broad SMARTS) is 1. The number of hydrogen-bond acceptors (Lipinski definition) is 3. The molecule has 0 heterocycles. The molecule has 0 aliphatic carbocycles. The fraction of sp³-hybridized carbons (Fsp3) is 0.429. The van der Waals surface area contributed by atoms with Crippen LogP contribution in [0.25, 0.3) is 0 Å². The van der Waals surface area contributed by atoms with Crippen LogP contribution in [0.1, 0.15) is 25.8 Å². The minimum Gasteiger partial charge on any atom is -0.480 e. The molecule has 0 spiro atoms. The molecule has 1 rings (SSSR count). The maximum Gasteiger partial charge on any atom is 0.326 e. The SMILES string of the molecule is CC(C)C(NC(=O)CCc1cccc(N)c1)C(=O)O. The van der Waals surface area contributed by atoms with E-state index >= 15 is 0 Å². The number of rotatable bonds is 6. The number of carbonyl (C=O) groups is 2. The van der Waals surface area contributed by atoms with Crippen molar-refractivity contribution in [1.82, 2.24) is 5.32 Å². The van der Waals surface area contributed by atoms with Crippen LogP contribution in [0.15, 0.2) is 24.3 Å². The van der Waals surface area contributed by atoms with Crippen molar-refractivity contribution >= 4 is 17.6 Å². The molecule has 0 radical (unpaired) electrons. The average Bonchev–Trinajstić information content (AvgIpc) is 2.32. The topological polar surface area (TPSA) is 92.4 Å². The van der Waals surface area contributed by atoms with Crippen LogP contribution in [-0.4, -0.2) is 23.0 Å². The van der Waals surface area contributed by atoms with E-state index in [1.54, 1.807) is 19.9 Å². The number of nitrogen functional groups attached to an aromatic ring is 1. The number of nitrogens with one attached hydrogen (secondary N) is 1. The Morgan fingerprint density at radius 1 is 1.37 bits per heavy atom. The molecule has 0 fully saturated rings. The molecule has 0 aliphatic heterocycles.